The molecule has 0 unspecified atom stereocenters. The minimum absolute atomic E-state index is 0.187. The van der Waals surface area contributed by atoms with Crippen LogP contribution in [-0.4, -0.2) is 31.7 Å². The van der Waals surface area contributed by atoms with E-state index in [9.17, 15) is 8.42 Å². The normalized spacial score (nSPS) is 17.1. The molecular weight excluding hydrogens is 264 g/mol. The number of H-pyrrole nitrogens is 1. The molecule has 0 amide bonds. The molecule has 1 aromatic heterocycles. The zero-order valence-electron chi connectivity index (χ0n) is 11.3. The van der Waals surface area contributed by atoms with Crippen LogP contribution in [0.15, 0.2) is 11.2 Å². The van der Waals surface area contributed by atoms with Crippen molar-refractivity contribution in [3.8, 4) is 0 Å². The van der Waals surface area contributed by atoms with Crippen molar-refractivity contribution < 1.29 is 8.42 Å². The number of aromatic nitrogens is 2. The van der Waals surface area contributed by atoms with Crippen LogP contribution >= 0.6 is 0 Å². The lowest BCUT2D eigenvalue weighted by Crippen LogP contribution is -2.30. The summed E-state index contributed by atoms with van der Waals surface area (Å²) in [6.45, 7) is 3.81. The van der Waals surface area contributed by atoms with E-state index in [0.29, 0.717) is 24.6 Å². The number of nitrogens with one attached hydrogen (secondary N) is 3. The first-order valence-electron chi connectivity index (χ1n) is 6.86. The summed E-state index contributed by atoms with van der Waals surface area (Å²) in [6, 6.07) is 0. The predicted octanol–water partition coefficient (Wildman–Crippen LogP) is 0.988. The summed E-state index contributed by atoms with van der Waals surface area (Å²) in [5.41, 5.74) is 0.681. The highest BCUT2D eigenvalue weighted by Crippen LogP contribution is 2.24. The van der Waals surface area contributed by atoms with E-state index in [2.05, 4.69) is 20.2 Å². The van der Waals surface area contributed by atoms with Gasteiger partial charge in [-0.15, -0.1) is 0 Å². The van der Waals surface area contributed by atoms with Crippen LogP contribution in [0.4, 0.5) is 0 Å². The van der Waals surface area contributed by atoms with Crippen LogP contribution in [0, 0.1) is 5.92 Å². The third kappa shape index (κ3) is 3.77. The molecular formula is C12H22N4O2S. The summed E-state index contributed by atoms with van der Waals surface area (Å²) in [5, 5.41) is 9.72. The summed E-state index contributed by atoms with van der Waals surface area (Å²) >= 11 is 0. The van der Waals surface area contributed by atoms with Gasteiger partial charge in [-0.2, -0.15) is 5.10 Å². The maximum absolute atomic E-state index is 12.2. The Morgan fingerprint density at radius 1 is 1.42 bits per heavy atom. The van der Waals surface area contributed by atoms with Gasteiger partial charge in [0.05, 0.1) is 6.20 Å². The Morgan fingerprint density at radius 2 is 2.16 bits per heavy atom. The molecule has 3 N–H and O–H groups in total. The lowest BCUT2D eigenvalue weighted by atomic mass is 10.1. The van der Waals surface area contributed by atoms with E-state index < -0.39 is 10.0 Å². The highest BCUT2D eigenvalue weighted by atomic mass is 32.2. The van der Waals surface area contributed by atoms with Crippen molar-refractivity contribution in [2.45, 2.75) is 44.2 Å². The van der Waals surface area contributed by atoms with Crippen LogP contribution < -0.4 is 10.0 Å². The highest BCUT2D eigenvalue weighted by Gasteiger charge is 2.23. The highest BCUT2D eigenvalue weighted by molar-refractivity contribution is 7.89. The van der Waals surface area contributed by atoms with Crippen LogP contribution in [0.25, 0.3) is 0 Å². The second-order valence-electron chi connectivity index (χ2n) is 5.01. The standard InChI is InChI=1S/C12H22N4O2S/c1-2-13-8-11-9-14-16-12(11)19(17,18)15-7-10-5-3-4-6-10/h9-10,13,15H,2-8H2,1H3,(H,14,16). The summed E-state index contributed by atoms with van der Waals surface area (Å²) in [4.78, 5) is 0. The van der Waals surface area contributed by atoms with E-state index >= 15 is 0 Å². The van der Waals surface area contributed by atoms with E-state index in [1.54, 1.807) is 6.20 Å². The Kier molecular flexibility index (Phi) is 4.95. The first kappa shape index (κ1) is 14.5. The van der Waals surface area contributed by atoms with Gasteiger partial charge < -0.3 is 5.32 Å². The lowest BCUT2D eigenvalue weighted by molar-refractivity contribution is 0.517. The molecule has 19 heavy (non-hydrogen) atoms. The molecule has 0 aromatic carbocycles. The number of nitrogens with zero attached hydrogens (tertiary/aromatic N) is 1. The van der Waals surface area contributed by atoms with E-state index in [0.717, 1.165) is 19.4 Å². The fraction of sp³-hybridized carbons (Fsp3) is 0.750. The van der Waals surface area contributed by atoms with Gasteiger partial charge in [0.1, 0.15) is 0 Å². The average molecular weight is 286 g/mol. The largest absolute Gasteiger partial charge is 0.313 e. The molecule has 7 heteroatoms. The number of aromatic amines is 1. The lowest BCUT2D eigenvalue weighted by Gasteiger charge is -2.11. The van der Waals surface area contributed by atoms with E-state index in [4.69, 9.17) is 0 Å². The van der Waals surface area contributed by atoms with Crippen LogP contribution in [0.3, 0.4) is 0 Å². The van der Waals surface area contributed by atoms with Gasteiger partial charge in [0, 0.05) is 18.7 Å². The number of hydrogen-bond donors (Lipinski definition) is 3. The summed E-state index contributed by atoms with van der Waals surface area (Å²) in [5.74, 6) is 0.481. The zero-order valence-corrected chi connectivity index (χ0v) is 12.1. The molecule has 0 aliphatic heterocycles. The fourth-order valence-electron chi connectivity index (χ4n) is 2.43. The molecule has 0 atom stereocenters. The van der Waals surface area contributed by atoms with Crippen molar-refractivity contribution in [1.82, 2.24) is 20.2 Å². The zero-order chi connectivity index (χ0) is 13.7. The monoisotopic (exact) mass is 286 g/mol. The quantitative estimate of drug-likeness (QED) is 0.697. The van der Waals surface area contributed by atoms with Gasteiger partial charge in [0.25, 0.3) is 10.0 Å². The van der Waals surface area contributed by atoms with Crippen molar-refractivity contribution in [3.05, 3.63) is 11.8 Å². The third-order valence-corrected chi connectivity index (χ3v) is 4.99. The van der Waals surface area contributed by atoms with Gasteiger partial charge in [0.2, 0.25) is 0 Å². The molecule has 1 aliphatic carbocycles. The van der Waals surface area contributed by atoms with Gasteiger partial charge in [0.15, 0.2) is 5.03 Å². The molecule has 1 fully saturated rings. The van der Waals surface area contributed by atoms with E-state index in [1.807, 2.05) is 6.92 Å². The molecule has 108 valence electrons. The first-order chi connectivity index (χ1) is 9.13. The number of rotatable bonds is 7. The topological polar surface area (TPSA) is 86.9 Å². The van der Waals surface area contributed by atoms with Gasteiger partial charge in [-0.1, -0.05) is 19.8 Å². The maximum atomic E-state index is 12.2. The Bertz CT molecular complexity index is 492. The number of hydrogen-bond acceptors (Lipinski definition) is 4. The van der Waals surface area contributed by atoms with Crippen LogP contribution in [0.2, 0.25) is 0 Å². The van der Waals surface area contributed by atoms with Crippen LogP contribution in [0.5, 0.6) is 0 Å². The Morgan fingerprint density at radius 3 is 2.84 bits per heavy atom. The minimum atomic E-state index is -3.47. The van der Waals surface area contributed by atoms with Crippen molar-refractivity contribution in [1.29, 1.82) is 0 Å². The van der Waals surface area contributed by atoms with Gasteiger partial charge in [-0.05, 0) is 25.3 Å². The molecule has 1 saturated carbocycles. The average Bonchev–Trinajstić information content (AvgIpc) is 3.05. The van der Waals surface area contributed by atoms with Crippen LogP contribution in [0.1, 0.15) is 38.2 Å². The molecule has 1 heterocycles. The molecule has 2 rings (SSSR count). The van der Waals surface area contributed by atoms with Crippen molar-refractivity contribution in [2.75, 3.05) is 13.1 Å². The molecule has 1 aliphatic rings. The smallest absolute Gasteiger partial charge is 0.257 e. The Hall–Kier alpha value is -0.920. The Balaban J connectivity index is 1.99. The van der Waals surface area contributed by atoms with E-state index in [1.165, 1.54) is 12.8 Å². The first-order valence-corrected chi connectivity index (χ1v) is 8.34. The molecule has 0 bridgehead atoms. The summed E-state index contributed by atoms with van der Waals surface area (Å²) in [6.07, 6.45) is 6.22. The maximum Gasteiger partial charge on any atom is 0.257 e. The molecule has 0 radical (unpaired) electrons. The molecule has 0 spiro atoms. The van der Waals surface area contributed by atoms with E-state index in [-0.39, 0.29) is 5.03 Å². The van der Waals surface area contributed by atoms with Gasteiger partial charge in [-0.3, -0.25) is 5.10 Å². The van der Waals surface area contributed by atoms with Crippen molar-refractivity contribution in [2.24, 2.45) is 5.92 Å². The SMILES string of the molecule is CCNCc1cn[nH]c1S(=O)(=O)NCC1CCCC1. The molecule has 6 nitrogen and oxygen atoms in total. The predicted molar refractivity (Wildman–Crippen MR) is 73.1 cm³/mol. The van der Waals surface area contributed by atoms with Crippen molar-refractivity contribution >= 4 is 10.0 Å². The minimum Gasteiger partial charge on any atom is -0.313 e. The fourth-order valence-corrected chi connectivity index (χ4v) is 3.67. The van der Waals surface area contributed by atoms with Gasteiger partial charge >= 0.3 is 0 Å². The van der Waals surface area contributed by atoms with Crippen molar-refractivity contribution in [3.63, 3.8) is 0 Å². The molecule has 0 saturated heterocycles. The van der Waals surface area contributed by atoms with Crippen LogP contribution in [-0.2, 0) is 16.6 Å². The summed E-state index contributed by atoms with van der Waals surface area (Å²) in [7, 11) is -3.47. The summed E-state index contributed by atoms with van der Waals surface area (Å²) < 4.78 is 27.1. The Labute approximate surface area is 114 Å². The second-order valence-corrected chi connectivity index (χ2v) is 6.71. The van der Waals surface area contributed by atoms with Gasteiger partial charge in [-0.25, -0.2) is 13.1 Å². The second kappa shape index (κ2) is 6.49. The number of sulfonamides is 1. The third-order valence-electron chi connectivity index (χ3n) is 3.55. The molecule has 1 aromatic rings.